The van der Waals surface area contributed by atoms with Crippen molar-refractivity contribution < 1.29 is 4.42 Å². The van der Waals surface area contributed by atoms with E-state index in [2.05, 4.69) is 52.3 Å². The maximum absolute atomic E-state index is 5.66. The van der Waals surface area contributed by atoms with Gasteiger partial charge in [0.2, 0.25) is 11.1 Å². The molecule has 7 heteroatoms. The first-order valence-electron chi connectivity index (χ1n) is 6.88. The Morgan fingerprint density at radius 2 is 2.19 bits per heavy atom. The number of fused-ring (bicyclic) bond motifs is 1. The number of aromatic amines is 1. The first kappa shape index (κ1) is 13.9. The molecule has 0 saturated carbocycles. The van der Waals surface area contributed by atoms with Gasteiger partial charge >= 0.3 is 6.01 Å². The number of oxazole rings is 1. The summed E-state index contributed by atoms with van der Waals surface area (Å²) >= 11 is 1.57. The highest BCUT2D eigenvalue weighted by Gasteiger charge is 2.10. The zero-order valence-electron chi connectivity index (χ0n) is 12.2. The van der Waals surface area contributed by atoms with Gasteiger partial charge in [-0.1, -0.05) is 38.6 Å². The lowest BCUT2D eigenvalue weighted by Crippen LogP contribution is -1.92. The SMILES string of the molecule is CCSc1n[nH]c(Nc2nc3cc(C(C)C)ccc3o2)n1. The number of H-pyrrole nitrogens is 1. The minimum atomic E-state index is 0.412. The molecule has 0 aliphatic heterocycles. The molecule has 0 unspecified atom stereocenters. The van der Waals surface area contributed by atoms with E-state index in [9.17, 15) is 0 Å². The molecule has 0 aliphatic rings. The molecule has 3 aromatic rings. The fourth-order valence-electron chi connectivity index (χ4n) is 1.95. The molecule has 2 N–H and O–H groups in total. The fourth-order valence-corrected chi connectivity index (χ4v) is 2.48. The highest BCUT2D eigenvalue weighted by Crippen LogP contribution is 2.25. The Kier molecular flexibility index (Phi) is 3.83. The maximum atomic E-state index is 5.66. The molecule has 0 bridgehead atoms. The molecule has 110 valence electrons. The number of hydrogen-bond acceptors (Lipinski definition) is 6. The zero-order chi connectivity index (χ0) is 14.8. The zero-order valence-corrected chi connectivity index (χ0v) is 13.0. The van der Waals surface area contributed by atoms with Crippen LogP contribution in [0.25, 0.3) is 11.1 Å². The van der Waals surface area contributed by atoms with E-state index in [0.29, 0.717) is 23.0 Å². The summed E-state index contributed by atoms with van der Waals surface area (Å²) in [6.07, 6.45) is 0. The summed E-state index contributed by atoms with van der Waals surface area (Å²) in [6, 6.07) is 6.47. The van der Waals surface area contributed by atoms with Gasteiger partial charge in [0.05, 0.1) is 0 Å². The Labute approximate surface area is 126 Å². The summed E-state index contributed by atoms with van der Waals surface area (Å²) in [4.78, 5) is 8.73. The number of aromatic nitrogens is 4. The second-order valence-electron chi connectivity index (χ2n) is 4.93. The Bertz CT molecular complexity index is 749. The molecule has 0 atom stereocenters. The Morgan fingerprint density at radius 3 is 2.95 bits per heavy atom. The van der Waals surface area contributed by atoms with Crippen LogP contribution in [0, 0.1) is 0 Å². The van der Waals surface area contributed by atoms with E-state index in [1.54, 1.807) is 11.8 Å². The van der Waals surface area contributed by atoms with Crippen molar-refractivity contribution in [2.24, 2.45) is 0 Å². The minimum absolute atomic E-state index is 0.412. The van der Waals surface area contributed by atoms with Crippen LogP contribution in [0.2, 0.25) is 0 Å². The van der Waals surface area contributed by atoms with Crippen LogP contribution in [0.3, 0.4) is 0 Å². The van der Waals surface area contributed by atoms with Crippen molar-refractivity contribution in [1.82, 2.24) is 20.2 Å². The second-order valence-corrected chi connectivity index (χ2v) is 6.16. The molecule has 2 heterocycles. The van der Waals surface area contributed by atoms with Crippen molar-refractivity contribution in [2.75, 3.05) is 11.1 Å². The van der Waals surface area contributed by atoms with E-state index in [0.717, 1.165) is 16.9 Å². The average Bonchev–Trinajstić information content (AvgIpc) is 3.04. The van der Waals surface area contributed by atoms with Crippen LogP contribution in [0.15, 0.2) is 27.8 Å². The van der Waals surface area contributed by atoms with Gasteiger partial charge in [0.25, 0.3) is 0 Å². The highest BCUT2D eigenvalue weighted by molar-refractivity contribution is 7.99. The van der Waals surface area contributed by atoms with Gasteiger partial charge in [-0.2, -0.15) is 9.97 Å². The number of benzene rings is 1. The van der Waals surface area contributed by atoms with E-state index >= 15 is 0 Å². The Hall–Kier alpha value is -2.02. The van der Waals surface area contributed by atoms with E-state index < -0.39 is 0 Å². The van der Waals surface area contributed by atoms with Crippen LogP contribution in [0.1, 0.15) is 32.3 Å². The smallest absolute Gasteiger partial charge is 0.302 e. The normalized spacial score (nSPS) is 11.4. The van der Waals surface area contributed by atoms with Crippen LogP contribution in [0.5, 0.6) is 0 Å². The standard InChI is InChI=1S/C14H17N5OS/c1-4-21-14-17-12(18-19-14)16-13-15-10-7-9(8(2)3)5-6-11(10)20-13/h5-8H,4H2,1-3H3,(H2,15,16,17,18,19). The highest BCUT2D eigenvalue weighted by atomic mass is 32.2. The summed E-state index contributed by atoms with van der Waals surface area (Å²) in [5, 5.41) is 10.6. The average molecular weight is 303 g/mol. The van der Waals surface area contributed by atoms with Crippen LogP contribution in [0.4, 0.5) is 12.0 Å². The van der Waals surface area contributed by atoms with Gasteiger partial charge in [-0.25, -0.2) is 5.10 Å². The van der Waals surface area contributed by atoms with E-state index in [1.165, 1.54) is 5.56 Å². The first-order valence-corrected chi connectivity index (χ1v) is 7.87. The van der Waals surface area contributed by atoms with E-state index in [-0.39, 0.29) is 0 Å². The number of nitrogens with one attached hydrogen (secondary N) is 2. The lowest BCUT2D eigenvalue weighted by atomic mass is 10.0. The number of anilines is 2. The topological polar surface area (TPSA) is 79.6 Å². The van der Waals surface area contributed by atoms with Crippen molar-refractivity contribution in [3.8, 4) is 0 Å². The first-order chi connectivity index (χ1) is 10.2. The van der Waals surface area contributed by atoms with Gasteiger partial charge in [-0.15, -0.1) is 5.10 Å². The predicted molar refractivity (Wildman–Crippen MR) is 84.2 cm³/mol. The molecule has 0 saturated heterocycles. The molecular weight excluding hydrogens is 286 g/mol. The Morgan fingerprint density at radius 1 is 1.33 bits per heavy atom. The van der Waals surface area contributed by atoms with Crippen molar-refractivity contribution >= 4 is 34.8 Å². The summed E-state index contributed by atoms with van der Waals surface area (Å²) < 4.78 is 5.66. The van der Waals surface area contributed by atoms with E-state index in [1.807, 2.05) is 12.1 Å². The minimum Gasteiger partial charge on any atom is -0.423 e. The van der Waals surface area contributed by atoms with Crippen molar-refractivity contribution in [1.29, 1.82) is 0 Å². The molecule has 0 amide bonds. The van der Waals surface area contributed by atoms with Gasteiger partial charge in [0.1, 0.15) is 5.52 Å². The number of nitrogens with zero attached hydrogens (tertiary/aromatic N) is 3. The molecule has 0 fully saturated rings. The van der Waals surface area contributed by atoms with Gasteiger partial charge in [0, 0.05) is 0 Å². The third kappa shape index (κ3) is 3.02. The quantitative estimate of drug-likeness (QED) is 0.695. The fraction of sp³-hybridized carbons (Fsp3) is 0.357. The summed E-state index contributed by atoms with van der Waals surface area (Å²) in [5.74, 6) is 1.92. The van der Waals surface area contributed by atoms with Gasteiger partial charge in [0.15, 0.2) is 5.58 Å². The van der Waals surface area contributed by atoms with Gasteiger partial charge in [-0.3, -0.25) is 5.32 Å². The lowest BCUT2D eigenvalue weighted by molar-refractivity contribution is 0.621. The third-order valence-electron chi connectivity index (χ3n) is 3.04. The number of hydrogen-bond donors (Lipinski definition) is 2. The van der Waals surface area contributed by atoms with Gasteiger partial charge in [-0.05, 0) is 29.4 Å². The summed E-state index contributed by atoms with van der Waals surface area (Å²) in [5.41, 5.74) is 2.83. The summed E-state index contributed by atoms with van der Waals surface area (Å²) in [6.45, 7) is 6.37. The Balaban J connectivity index is 1.83. The van der Waals surface area contributed by atoms with Crippen molar-refractivity contribution in [3.63, 3.8) is 0 Å². The molecule has 6 nitrogen and oxygen atoms in total. The van der Waals surface area contributed by atoms with Crippen LogP contribution >= 0.6 is 11.8 Å². The van der Waals surface area contributed by atoms with Crippen molar-refractivity contribution in [3.05, 3.63) is 23.8 Å². The summed E-state index contributed by atoms with van der Waals surface area (Å²) in [7, 11) is 0. The number of rotatable bonds is 5. The van der Waals surface area contributed by atoms with Gasteiger partial charge < -0.3 is 4.42 Å². The molecule has 0 spiro atoms. The molecule has 1 aromatic carbocycles. The molecule has 0 aliphatic carbocycles. The van der Waals surface area contributed by atoms with E-state index in [4.69, 9.17) is 4.42 Å². The second kappa shape index (κ2) is 5.77. The largest absolute Gasteiger partial charge is 0.423 e. The molecule has 3 rings (SSSR count). The maximum Gasteiger partial charge on any atom is 0.302 e. The molecule has 2 aromatic heterocycles. The molecule has 0 radical (unpaired) electrons. The van der Waals surface area contributed by atoms with Crippen LogP contribution in [-0.2, 0) is 0 Å². The van der Waals surface area contributed by atoms with Crippen LogP contribution < -0.4 is 5.32 Å². The molecular formula is C14H17N5OS. The molecule has 21 heavy (non-hydrogen) atoms. The lowest BCUT2D eigenvalue weighted by Gasteiger charge is -2.02. The number of thioether (sulfide) groups is 1. The van der Waals surface area contributed by atoms with Crippen molar-refractivity contribution in [2.45, 2.75) is 31.8 Å². The predicted octanol–water partition coefficient (Wildman–Crippen LogP) is 3.92. The monoisotopic (exact) mass is 303 g/mol. The van der Waals surface area contributed by atoms with Crippen LogP contribution in [-0.4, -0.2) is 25.9 Å². The third-order valence-corrected chi connectivity index (χ3v) is 3.77.